The van der Waals surface area contributed by atoms with Gasteiger partial charge in [-0.1, -0.05) is 23.7 Å². The number of carboxylic acids is 1. The van der Waals surface area contributed by atoms with Gasteiger partial charge in [-0.3, -0.25) is 9.59 Å². The van der Waals surface area contributed by atoms with Crippen LogP contribution in [-0.2, 0) is 35.4 Å². The molecule has 0 bridgehead atoms. The van der Waals surface area contributed by atoms with Crippen molar-refractivity contribution < 1.29 is 24.2 Å². The van der Waals surface area contributed by atoms with Crippen molar-refractivity contribution in [3.05, 3.63) is 64.1 Å². The first-order valence-corrected chi connectivity index (χ1v) is 10.5. The Hall–Kier alpha value is -3.06. The zero-order valence-electron chi connectivity index (χ0n) is 16.7. The molecule has 4 rings (SSSR count). The Morgan fingerprint density at radius 3 is 2.81 bits per heavy atom. The van der Waals surface area contributed by atoms with Gasteiger partial charge in [-0.25, -0.2) is 4.39 Å². The first-order chi connectivity index (χ1) is 14.8. The van der Waals surface area contributed by atoms with Gasteiger partial charge in [-0.15, -0.1) is 0 Å². The number of benzene rings is 2. The number of aliphatic carboxylic acids is 1. The summed E-state index contributed by atoms with van der Waals surface area (Å²) in [5.74, 6) is -1.41. The van der Waals surface area contributed by atoms with Crippen molar-refractivity contribution in [1.82, 2.24) is 9.88 Å². The summed E-state index contributed by atoms with van der Waals surface area (Å²) in [5.41, 5.74) is 3.06. The molecule has 0 spiro atoms. The Bertz CT molecular complexity index is 1170. The predicted octanol–water partition coefficient (Wildman–Crippen LogP) is 3.83. The Labute approximate surface area is 183 Å². The molecule has 1 heterocycles. The molecule has 1 aliphatic carbocycles. The van der Waals surface area contributed by atoms with Crippen LogP contribution in [0.4, 0.5) is 4.39 Å². The lowest BCUT2D eigenvalue weighted by Gasteiger charge is -2.25. The van der Waals surface area contributed by atoms with E-state index in [0.29, 0.717) is 36.6 Å². The fourth-order valence-electron chi connectivity index (χ4n) is 4.40. The highest BCUT2D eigenvalue weighted by molar-refractivity contribution is 6.35. The van der Waals surface area contributed by atoms with Crippen LogP contribution in [0.3, 0.4) is 0 Å². The SMILES string of the molecule is O=C(O)Cn1c2c(c3cc(F)cc(Cl)c31)CC(NC(=O)CCc1cccc(O)c1)CC2. The molecule has 6 nitrogen and oxygen atoms in total. The summed E-state index contributed by atoms with van der Waals surface area (Å²) in [6.07, 6.45) is 2.49. The summed E-state index contributed by atoms with van der Waals surface area (Å²) in [7, 11) is 0. The molecular weight excluding hydrogens is 423 g/mol. The first kappa shape index (κ1) is 21.2. The van der Waals surface area contributed by atoms with Crippen molar-refractivity contribution >= 4 is 34.4 Å². The Balaban J connectivity index is 1.52. The molecule has 1 aromatic heterocycles. The van der Waals surface area contributed by atoms with Gasteiger partial charge in [0.05, 0.1) is 10.5 Å². The van der Waals surface area contributed by atoms with E-state index in [-0.39, 0.29) is 35.7 Å². The number of hydrogen-bond acceptors (Lipinski definition) is 3. The Morgan fingerprint density at radius 1 is 1.26 bits per heavy atom. The lowest BCUT2D eigenvalue weighted by Crippen LogP contribution is -2.39. The van der Waals surface area contributed by atoms with E-state index >= 15 is 0 Å². The largest absolute Gasteiger partial charge is 0.508 e. The standard InChI is InChI=1S/C23H22ClFN2O4/c24-19-10-14(25)9-18-17-11-15(5-6-20(17)27(23(18)19)12-22(30)31)26-21(29)7-4-13-2-1-3-16(28)8-13/h1-3,8-10,15,28H,4-7,11-12H2,(H,26,29)(H,30,31). The Morgan fingerprint density at radius 2 is 2.06 bits per heavy atom. The predicted molar refractivity (Wildman–Crippen MR) is 115 cm³/mol. The monoisotopic (exact) mass is 444 g/mol. The molecule has 0 saturated carbocycles. The van der Waals surface area contributed by atoms with Crippen LogP contribution < -0.4 is 5.32 Å². The number of amides is 1. The van der Waals surface area contributed by atoms with Gasteiger partial charge in [0.1, 0.15) is 18.1 Å². The fourth-order valence-corrected chi connectivity index (χ4v) is 4.71. The maximum absolute atomic E-state index is 14.0. The highest BCUT2D eigenvalue weighted by atomic mass is 35.5. The number of carboxylic acid groups (broad SMARTS) is 1. The second-order valence-corrected chi connectivity index (χ2v) is 8.27. The van der Waals surface area contributed by atoms with Crippen LogP contribution in [0.15, 0.2) is 36.4 Å². The molecule has 3 N–H and O–H groups in total. The third-order valence-electron chi connectivity index (χ3n) is 5.69. The van der Waals surface area contributed by atoms with Crippen LogP contribution in [0, 0.1) is 5.82 Å². The van der Waals surface area contributed by atoms with Crippen molar-refractivity contribution in [2.75, 3.05) is 0 Å². The maximum atomic E-state index is 14.0. The van der Waals surface area contributed by atoms with E-state index in [1.807, 2.05) is 6.07 Å². The minimum atomic E-state index is -0.998. The molecule has 2 aromatic carbocycles. The average molecular weight is 445 g/mol. The molecule has 8 heteroatoms. The molecule has 162 valence electrons. The molecule has 1 unspecified atom stereocenters. The molecule has 1 atom stereocenters. The van der Waals surface area contributed by atoms with Crippen LogP contribution >= 0.6 is 11.6 Å². The van der Waals surface area contributed by atoms with Gasteiger partial charge in [0.2, 0.25) is 5.91 Å². The number of carbonyl (C=O) groups excluding carboxylic acids is 1. The summed E-state index contributed by atoms with van der Waals surface area (Å²) in [5, 5.41) is 22.7. The van der Waals surface area contributed by atoms with Crippen molar-refractivity contribution in [3.63, 3.8) is 0 Å². The summed E-state index contributed by atoms with van der Waals surface area (Å²) in [6, 6.07) is 9.25. The number of hydrogen-bond donors (Lipinski definition) is 3. The lowest BCUT2D eigenvalue weighted by atomic mass is 9.91. The topological polar surface area (TPSA) is 91.6 Å². The van der Waals surface area contributed by atoms with Gasteiger partial charge >= 0.3 is 5.97 Å². The van der Waals surface area contributed by atoms with E-state index in [1.54, 1.807) is 22.8 Å². The molecule has 0 saturated heterocycles. The normalized spacial score (nSPS) is 15.6. The zero-order valence-corrected chi connectivity index (χ0v) is 17.5. The van der Waals surface area contributed by atoms with Gasteiger partial charge in [0.15, 0.2) is 0 Å². The fraction of sp³-hybridized carbons (Fsp3) is 0.304. The van der Waals surface area contributed by atoms with E-state index in [2.05, 4.69) is 5.32 Å². The molecule has 0 fully saturated rings. The van der Waals surface area contributed by atoms with Crippen LogP contribution in [0.1, 0.15) is 29.7 Å². The lowest BCUT2D eigenvalue weighted by molar-refractivity contribution is -0.137. The maximum Gasteiger partial charge on any atom is 0.323 e. The summed E-state index contributed by atoms with van der Waals surface area (Å²) < 4.78 is 15.7. The number of nitrogens with one attached hydrogen (secondary N) is 1. The highest BCUT2D eigenvalue weighted by Crippen LogP contribution is 2.36. The minimum Gasteiger partial charge on any atom is -0.508 e. The second-order valence-electron chi connectivity index (χ2n) is 7.87. The number of phenols is 1. The quantitative estimate of drug-likeness (QED) is 0.539. The third kappa shape index (κ3) is 4.51. The molecule has 1 aliphatic rings. The van der Waals surface area contributed by atoms with Crippen molar-refractivity contribution in [2.45, 2.75) is 44.7 Å². The number of rotatable bonds is 6. The smallest absolute Gasteiger partial charge is 0.323 e. The number of halogens is 2. The van der Waals surface area contributed by atoms with Crippen LogP contribution in [0.2, 0.25) is 5.02 Å². The van der Waals surface area contributed by atoms with E-state index in [0.717, 1.165) is 16.8 Å². The number of phenolic OH excluding ortho intramolecular Hbond substituents is 1. The first-order valence-electron chi connectivity index (χ1n) is 10.1. The van der Waals surface area contributed by atoms with E-state index in [1.165, 1.54) is 12.1 Å². The van der Waals surface area contributed by atoms with Crippen LogP contribution in [0.25, 0.3) is 10.9 Å². The number of carbonyl (C=O) groups is 2. The summed E-state index contributed by atoms with van der Waals surface area (Å²) in [4.78, 5) is 23.8. The van der Waals surface area contributed by atoms with Gasteiger partial charge in [-0.2, -0.15) is 0 Å². The highest BCUT2D eigenvalue weighted by Gasteiger charge is 2.28. The van der Waals surface area contributed by atoms with Crippen LogP contribution in [-0.4, -0.2) is 32.7 Å². The van der Waals surface area contributed by atoms with Gasteiger partial charge in [0.25, 0.3) is 0 Å². The van der Waals surface area contributed by atoms with Crippen LogP contribution in [0.5, 0.6) is 5.75 Å². The van der Waals surface area contributed by atoms with Crippen molar-refractivity contribution in [2.24, 2.45) is 0 Å². The van der Waals surface area contributed by atoms with Crippen molar-refractivity contribution in [3.8, 4) is 5.75 Å². The zero-order chi connectivity index (χ0) is 22.1. The second kappa shape index (κ2) is 8.59. The molecule has 0 aliphatic heterocycles. The number of nitrogens with zero attached hydrogens (tertiary/aromatic N) is 1. The molecule has 0 radical (unpaired) electrons. The average Bonchev–Trinajstić information content (AvgIpc) is 2.99. The summed E-state index contributed by atoms with van der Waals surface area (Å²) >= 11 is 6.26. The van der Waals surface area contributed by atoms with Gasteiger partial charge < -0.3 is 20.1 Å². The van der Waals surface area contributed by atoms with E-state index < -0.39 is 11.8 Å². The molecule has 31 heavy (non-hydrogen) atoms. The minimum absolute atomic E-state index is 0.102. The summed E-state index contributed by atoms with van der Waals surface area (Å²) in [6.45, 7) is -0.252. The number of aryl methyl sites for hydroxylation is 1. The third-order valence-corrected chi connectivity index (χ3v) is 5.98. The van der Waals surface area contributed by atoms with E-state index in [9.17, 15) is 24.2 Å². The number of fused-ring (bicyclic) bond motifs is 3. The van der Waals surface area contributed by atoms with Gasteiger partial charge in [-0.05, 0) is 61.1 Å². The number of aromatic nitrogens is 1. The number of aromatic hydroxyl groups is 1. The van der Waals surface area contributed by atoms with Crippen molar-refractivity contribution in [1.29, 1.82) is 0 Å². The Kier molecular flexibility index (Phi) is 5.87. The molecule has 1 amide bonds. The van der Waals surface area contributed by atoms with E-state index in [4.69, 9.17) is 11.6 Å². The van der Waals surface area contributed by atoms with Gasteiger partial charge in [0, 0.05) is 23.5 Å². The molecular formula is C23H22ClFN2O4. The molecule has 3 aromatic rings.